The first kappa shape index (κ1) is 20.7. The number of benzene rings is 1. The minimum atomic E-state index is -1.17. The fourth-order valence-electron chi connectivity index (χ4n) is 3.04. The molecule has 3 aromatic heterocycles. The molecule has 11 nitrogen and oxygen atoms in total. The Balaban J connectivity index is 1.72. The summed E-state index contributed by atoms with van der Waals surface area (Å²) in [6, 6.07) is 10.8. The fraction of sp³-hybridized carbons (Fsp3) is 0.143. The lowest BCUT2D eigenvalue weighted by molar-refractivity contribution is 0.0697. The first-order chi connectivity index (χ1) is 15.4. The molecular weight excluding hydrogens is 412 g/mol. The number of rotatable bonds is 7. The number of para-hydroxylation sites is 1. The van der Waals surface area contributed by atoms with Crippen molar-refractivity contribution < 1.29 is 14.6 Å². The first-order valence-corrected chi connectivity index (χ1v) is 9.55. The number of ether oxygens (including phenoxy) is 1. The van der Waals surface area contributed by atoms with Gasteiger partial charge in [-0.3, -0.25) is 4.68 Å². The van der Waals surface area contributed by atoms with Crippen molar-refractivity contribution in [2.75, 3.05) is 17.7 Å². The van der Waals surface area contributed by atoms with Crippen LogP contribution in [0, 0.1) is 6.92 Å². The lowest BCUT2D eigenvalue weighted by atomic mass is 10.1. The lowest BCUT2D eigenvalue weighted by Crippen LogP contribution is -2.09. The standard InChI is InChI=1S/C21H20N8O3/c1-12-6-4-9-16(24-12)26-21-22-10-14(20(30)31)19(27-21)25-15-8-5-7-13(17(15)32-3)18-23-11-29(2)28-18/h4-11H,1-3H3,(H,30,31)(H2,22,24,25,26,27). The Morgan fingerprint density at radius 1 is 1.09 bits per heavy atom. The highest BCUT2D eigenvalue weighted by molar-refractivity contribution is 5.94. The molecule has 0 radical (unpaired) electrons. The van der Waals surface area contributed by atoms with E-state index in [0.29, 0.717) is 28.6 Å². The molecular formula is C21H20N8O3. The van der Waals surface area contributed by atoms with Crippen LogP contribution in [0.2, 0.25) is 0 Å². The van der Waals surface area contributed by atoms with Gasteiger partial charge < -0.3 is 20.5 Å². The van der Waals surface area contributed by atoms with E-state index in [1.54, 1.807) is 36.3 Å². The van der Waals surface area contributed by atoms with E-state index in [4.69, 9.17) is 4.74 Å². The Kier molecular flexibility index (Phi) is 5.62. The molecule has 0 aliphatic carbocycles. The van der Waals surface area contributed by atoms with Gasteiger partial charge in [0.1, 0.15) is 17.7 Å². The van der Waals surface area contributed by atoms with E-state index in [9.17, 15) is 9.90 Å². The molecule has 0 aliphatic heterocycles. The maximum absolute atomic E-state index is 11.8. The summed E-state index contributed by atoms with van der Waals surface area (Å²) in [6.45, 7) is 1.86. The van der Waals surface area contributed by atoms with Gasteiger partial charge in [-0.05, 0) is 31.2 Å². The van der Waals surface area contributed by atoms with Gasteiger partial charge in [0.05, 0.1) is 18.4 Å². The molecule has 3 heterocycles. The van der Waals surface area contributed by atoms with E-state index in [1.807, 2.05) is 25.1 Å². The van der Waals surface area contributed by atoms with E-state index in [2.05, 4.69) is 35.7 Å². The molecule has 0 bridgehead atoms. The van der Waals surface area contributed by atoms with Crippen LogP contribution in [0.4, 0.5) is 23.3 Å². The second kappa shape index (κ2) is 8.68. The summed E-state index contributed by atoms with van der Waals surface area (Å²) in [5.74, 6) is 0.573. The van der Waals surface area contributed by atoms with Gasteiger partial charge in [0.15, 0.2) is 17.4 Å². The number of methoxy groups -OCH3 is 1. The molecule has 0 fully saturated rings. The lowest BCUT2D eigenvalue weighted by Gasteiger charge is -2.15. The summed E-state index contributed by atoms with van der Waals surface area (Å²) in [5, 5.41) is 20.0. The number of aryl methyl sites for hydroxylation is 2. The number of hydrogen-bond donors (Lipinski definition) is 3. The maximum atomic E-state index is 11.8. The molecule has 0 atom stereocenters. The summed E-state index contributed by atoms with van der Waals surface area (Å²) in [7, 11) is 3.28. The number of aromatic nitrogens is 6. The van der Waals surface area contributed by atoms with Crippen LogP contribution in [0.1, 0.15) is 16.1 Å². The Labute approximate surface area is 183 Å². The molecule has 162 valence electrons. The van der Waals surface area contributed by atoms with Crippen LogP contribution in [-0.4, -0.2) is 47.9 Å². The molecule has 0 saturated carbocycles. The van der Waals surface area contributed by atoms with Gasteiger partial charge in [-0.1, -0.05) is 12.1 Å². The highest BCUT2D eigenvalue weighted by Gasteiger charge is 2.19. The molecule has 4 aromatic rings. The highest BCUT2D eigenvalue weighted by Crippen LogP contribution is 2.36. The number of aromatic carboxylic acids is 1. The van der Waals surface area contributed by atoms with Crippen LogP contribution in [0.3, 0.4) is 0 Å². The molecule has 11 heteroatoms. The van der Waals surface area contributed by atoms with Crippen molar-refractivity contribution in [2.24, 2.45) is 7.05 Å². The van der Waals surface area contributed by atoms with Gasteiger partial charge in [0.25, 0.3) is 0 Å². The van der Waals surface area contributed by atoms with Crippen molar-refractivity contribution in [1.82, 2.24) is 29.7 Å². The van der Waals surface area contributed by atoms with Gasteiger partial charge in [-0.25, -0.2) is 19.7 Å². The molecule has 32 heavy (non-hydrogen) atoms. The molecule has 1 aromatic carbocycles. The molecule has 0 amide bonds. The quantitative estimate of drug-likeness (QED) is 0.399. The van der Waals surface area contributed by atoms with Crippen molar-refractivity contribution in [3.05, 3.63) is 60.2 Å². The monoisotopic (exact) mass is 432 g/mol. The Morgan fingerprint density at radius 2 is 1.91 bits per heavy atom. The number of nitrogens with one attached hydrogen (secondary N) is 2. The van der Waals surface area contributed by atoms with Crippen molar-refractivity contribution in [2.45, 2.75) is 6.92 Å². The van der Waals surface area contributed by atoms with Gasteiger partial charge in [-0.2, -0.15) is 10.1 Å². The van der Waals surface area contributed by atoms with E-state index in [1.165, 1.54) is 13.3 Å². The third-order valence-corrected chi connectivity index (χ3v) is 4.46. The minimum absolute atomic E-state index is 0.0899. The normalized spacial score (nSPS) is 10.6. The van der Waals surface area contributed by atoms with E-state index in [-0.39, 0.29) is 17.3 Å². The van der Waals surface area contributed by atoms with Crippen molar-refractivity contribution in [1.29, 1.82) is 0 Å². The molecule has 0 aliphatic rings. The van der Waals surface area contributed by atoms with E-state index >= 15 is 0 Å². The molecule has 0 spiro atoms. The van der Waals surface area contributed by atoms with Gasteiger partial charge in [-0.15, -0.1) is 0 Å². The second-order valence-corrected chi connectivity index (χ2v) is 6.80. The van der Waals surface area contributed by atoms with Crippen molar-refractivity contribution in [3.63, 3.8) is 0 Å². The second-order valence-electron chi connectivity index (χ2n) is 6.80. The number of hydrogen-bond acceptors (Lipinski definition) is 9. The SMILES string of the molecule is COc1c(Nc2nc(Nc3cccc(C)n3)ncc2C(=O)O)cccc1-c1ncn(C)n1. The average Bonchev–Trinajstić information content (AvgIpc) is 3.19. The third-order valence-electron chi connectivity index (χ3n) is 4.46. The van der Waals surface area contributed by atoms with Crippen LogP contribution in [-0.2, 0) is 7.05 Å². The predicted molar refractivity (Wildman–Crippen MR) is 118 cm³/mol. The first-order valence-electron chi connectivity index (χ1n) is 9.55. The van der Waals surface area contributed by atoms with E-state index in [0.717, 1.165) is 5.69 Å². The summed E-state index contributed by atoms with van der Waals surface area (Å²) in [6.07, 6.45) is 2.81. The molecule has 0 unspecified atom stereocenters. The Morgan fingerprint density at radius 3 is 2.59 bits per heavy atom. The van der Waals surface area contributed by atoms with Gasteiger partial charge >= 0.3 is 5.97 Å². The Bertz CT molecular complexity index is 1290. The van der Waals surface area contributed by atoms with Crippen LogP contribution >= 0.6 is 0 Å². The number of carbonyl (C=O) groups is 1. The average molecular weight is 432 g/mol. The largest absolute Gasteiger partial charge is 0.494 e. The fourth-order valence-corrected chi connectivity index (χ4v) is 3.04. The zero-order valence-corrected chi connectivity index (χ0v) is 17.6. The van der Waals surface area contributed by atoms with Crippen molar-refractivity contribution >= 4 is 29.2 Å². The summed E-state index contributed by atoms with van der Waals surface area (Å²) in [5.41, 5.74) is 1.86. The van der Waals surface area contributed by atoms with Crippen LogP contribution in [0.15, 0.2) is 48.9 Å². The summed E-state index contributed by atoms with van der Waals surface area (Å²) in [4.78, 5) is 28.8. The number of carboxylic acid groups (broad SMARTS) is 1. The number of pyridine rings is 1. The zero-order valence-electron chi connectivity index (χ0n) is 17.6. The maximum Gasteiger partial charge on any atom is 0.341 e. The van der Waals surface area contributed by atoms with Crippen molar-refractivity contribution in [3.8, 4) is 17.1 Å². The molecule has 0 saturated heterocycles. The third kappa shape index (κ3) is 4.31. The topological polar surface area (TPSA) is 140 Å². The molecule has 4 rings (SSSR count). The smallest absolute Gasteiger partial charge is 0.341 e. The number of nitrogens with zero attached hydrogens (tertiary/aromatic N) is 6. The van der Waals surface area contributed by atoms with Gasteiger partial charge in [0.2, 0.25) is 5.95 Å². The van der Waals surface area contributed by atoms with Crippen LogP contribution in [0.25, 0.3) is 11.4 Å². The number of anilines is 4. The van der Waals surface area contributed by atoms with E-state index < -0.39 is 5.97 Å². The summed E-state index contributed by atoms with van der Waals surface area (Å²) < 4.78 is 7.17. The highest BCUT2D eigenvalue weighted by atomic mass is 16.5. The number of carboxylic acids is 1. The zero-order chi connectivity index (χ0) is 22.7. The predicted octanol–water partition coefficient (Wildman–Crippen LogP) is 3.17. The van der Waals surface area contributed by atoms with Crippen LogP contribution in [0.5, 0.6) is 5.75 Å². The summed E-state index contributed by atoms with van der Waals surface area (Å²) >= 11 is 0. The minimum Gasteiger partial charge on any atom is -0.494 e. The van der Waals surface area contributed by atoms with Crippen LogP contribution < -0.4 is 15.4 Å². The molecule has 3 N–H and O–H groups in total. The van der Waals surface area contributed by atoms with Gasteiger partial charge in [0, 0.05) is 18.9 Å². The Hall–Kier alpha value is -4.54.